The molecule has 1 N–H and O–H groups in total. The number of rotatable bonds is 4. The molecule has 1 unspecified atom stereocenters. The lowest BCUT2D eigenvalue weighted by atomic mass is 9.99. The van der Waals surface area contributed by atoms with E-state index in [4.69, 9.17) is 16.0 Å². The fourth-order valence-corrected chi connectivity index (χ4v) is 4.19. The highest BCUT2D eigenvalue weighted by Crippen LogP contribution is 2.41. The number of amides is 1. The zero-order valence-electron chi connectivity index (χ0n) is 14.9. The summed E-state index contributed by atoms with van der Waals surface area (Å²) < 4.78 is 5.74. The first-order valence-electron chi connectivity index (χ1n) is 8.59. The van der Waals surface area contributed by atoms with Gasteiger partial charge in [-0.3, -0.25) is 9.59 Å². The predicted molar refractivity (Wildman–Crippen MR) is 107 cm³/mol. The van der Waals surface area contributed by atoms with Gasteiger partial charge in [0.15, 0.2) is 0 Å². The quantitative estimate of drug-likeness (QED) is 0.374. The molecule has 0 aliphatic carbocycles. The SMILES string of the molecule is Cc1ccc(C2/C(=C(/O)c3cccc(Cl)c3)C(=O)C(=O)N2Cc2cccs2)o1. The highest BCUT2D eigenvalue weighted by molar-refractivity contribution is 7.09. The van der Waals surface area contributed by atoms with Crippen molar-refractivity contribution in [3.63, 3.8) is 0 Å². The minimum Gasteiger partial charge on any atom is -0.507 e. The van der Waals surface area contributed by atoms with Crippen molar-refractivity contribution in [1.29, 1.82) is 0 Å². The second kappa shape index (κ2) is 7.30. The Bertz CT molecular complexity index is 1080. The van der Waals surface area contributed by atoms with E-state index in [0.29, 0.717) is 22.1 Å². The third-order valence-corrected chi connectivity index (χ3v) is 5.67. The third-order valence-electron chi connectivity index (χ3n) is 4.57. The number of Topliss-reactive ketones (excluding diaryl/α,β-unsaturated/α-hetero) is 1. The smallest absolute Gasteiger partial charge is 0.296 e. The van der Waals surface area contributed by atoms with Crippen LogP contribution in [0.15, 0.2) is 63.9 Å². The molecule has 1 aliphatic rings. The molecule has 1 atom stereocenters. The number of furan rings is 1. The lowest BCUT2D eigenvalue weighted by Crippen LogP contribution is -2.28. The van der Waals surface area contributed by atoms with Gasteiger partial charge in [0.05, 0.1) is 12.1 Å². The molecule has 3 aromatic rings. The van der Waals surface area contributed by atoms with Crippen molar-refractivity contribution in [3.8, 4) is 0 Å². The van der Waals surface area contributed by atoms with Gasteiger partial charge in [-0.05, 0) is 42.6 Å². The first kappa shape index (κ1) is 18.5. The Labute approximate surface area is 170 Å². The standard InChI is InChI=1S/C21H16ClNO4S/c1-12-7-8-16(27-12)18-17(19(24)13-4-2-5-14(22)10-13)20(25)21(26)23(18)11-15-6-3-9-28-15/h2-10,18,24H,11H2,1H3/b19-17-. The number of thiophene rings is 1. The van der Waals surface area contributed by atoms with E-state index in [-0.39, 0.29) is 17.9 Å². The molecule has 1 aromatic carbocycles. The highest BCUT2D eigenvalue weighted by atomic mass is 35.5. The Kier molecular flexibility index (Phi) is 4.83. The lowest BCUT2D eigenvalue weighted by Gasteiger charge is -2.22. The minimum absolute atomic E-state index is 0.00169. The molecule has 0 radical (unpaired) electrons. The van der Waals surface area contributed by atoms with E-state index in [0.717, 1.165) is 4.88 Å². The fraction of sp³-hybridized carbons (Fsp3) is 0.143. The molecule has 1 fully saturated rings. The van der Waals surface area contributed by atoms with Crippen molar-refractivity contribution < 1.29 is 19.1 Å². The molecule has 1 aliphatic heterocycles. The second-order valence-electron chi connectivity index (χ2n) is 6.47. The number of halogens is 1. The van der Waals surface area contributed by atoms with Crippen molar-refractivity contribution in [3.05, 3.63) is 86.5 Å². The first-order valence-corrected chi connectivity index (χ1v) is 9.84. The number of aliphatic hydroxyl groups excluding tert-OH is 1. The van der Waals surface area contributed by atoms with Gasteiger partial charge in [-0.2, -0.15) is 0 Å². The number of aryl methyl sites for hydroxylation is 1. The molecule has 5 nitrogen and oxygen atoms in total. The number of nitrogens with zero attached hydrogens (tertiary/aromatic N) is 1. The van der Waals surface area contributed by atoms with Crippen molar-refractivity contribution >= 4 is 40.4 Å². The molecular formula is C21H16ClNO4S. The molecule has 0 spiro atoms. The van der Waals surface area contributed by atoms with Crippen LogP contribution in [0, 0.1) is 6.92 Å². The van der Waals surface area contributed by atoms with Gasteiger partial charge in [0.1, 0.15) is 23.3 Å². The summed E-state index contributed by atoms with van der Waals surface area (Å²) in [6.45, 7) is 2.03. The van der Waals surface area contributed by atoms with Crippen LogP contribution in [0.4, 0.5) is 0 Å². The van der Waals surface area contributed by atoms with E-state index in [9.17, 15) is 14.7 Å². The van der Waals surface area contributed by atoms with E-state index in [1.54, 1.807) is 43.3 Å². The summed E-state index contributed by atoms with van der Waals surface area (Å²) >= 11 is 7.52. The van der Waals surface area contributed by atoms with Gasteiger partial charge in [-0.15, -0.1) is 11.3 Å². The minimum atomic E-state index is -0.810. The largest absolute Gasteiger partial charge is 0.507 e. The average Bonchev–Trinajstić information content (AvgIpc) is 3.39. The summed E-state index contributed by atoms with van der Waals surface area (Å²) in [5.41, 5.74) is 0.369. The van der Waals surface area contributed by atoms with Crippen molar-refractivity contribution in [2.24, 2.45) is 0 Å². The summed E-state index contributed by atoms with van der Waals surface area (Å²) in [5.74, 6) is -0.603. The fourth-order valence-electron chi connectivity index (χ4n) is 3.30. The Morgan fingerprint density at radius 2 is 2.04 bits per heavy atom. The zero-order chi connectivity index (χ0) is 19.8. The van der Waals surface area contributed by atoms with Crippen LogP contribution < -0.4 is 0 Å². The number of benzene rings is 1. The number of likely N-dealkylation sites (tertiary alicyclic amines) is 1. The lowest BCUT2D eigenvalue weighted by molar-refractivity contribution is -0.140. The van der Waals surface area contributed by atoms with Gasteiger partial charge in [-0.1, -0.05) is 29.8 Å². The molecule has 3 heterocycles. The predicted octanol–water partition coefficient (Wildman–Crippen LogP) is 4.92. The van der Waals surface area contributed by atoms with Gasteiger partial charge in [0.25, 0.3) is 11.7 Å². The first-order chi connectivity index (χ1) is 13.5. The van der Waals surface area contributed by atoms with Gasteiger partial charge >= 0.3 is 0 Å². The van der Waals surface area contributed by atoms with Crippen LogP contribution in [0.3, 0.4) is 0 Å². The van der Waals surface area contributed by atoms with E-state index in [1.807, 2.05) is 17.5 Å². The van der Waals surface area contributed by atoms with Crippen molar-refractivity contribution in [1.82, 2.24) is 4.90 Å². The maximum atomic E-state index is 12.9. The van der Waals surface area contributed by atoms with Crippen LogP contribution in [0.25, 0.3) is 5.76 Å². The third kappa shape index (κ3) is 3.25. The number of carbonyl (C=O) groups excluding carboxylic acids is 2. The molecule has 0 bridgehead atoms. The van der Waals surface area contributed by atoms with Crippen LogP contribution in [0.1, 0.15) is 28.0 Å². The molecule has 7 heteroatoms. The topological polar surface area (TPSA) is 70.8 Å². The second-order valence-corrected chi connectivity index (χ2v) is 7.93. The highest BCUT2D eigenvalue weighted by Gasteiger charge is 2.47. The Morgan fingerprint density at radius 1 is 1.21 bits per heavy atom. The summed E-state index contributed by atoms with van der Waals surface area (Å²) in [4.78, 5) is 28.0. The average molecular weight is 414 g/mol. The molecule has 4 rings (SSSR count). The van der Waals surface area contributed by atoms with Crippen LogP contribution in [0.5, 0.6) is 0 Å². The normalized spacial score (nSPS) is 18.8. The van der Waals surface area contributed by atoms with Crippen LogP contribution in [0.2, 0.25) is 5.02 Å². The van der Waals surface area contributed by atoms with Gasteiger partial charge in [-0.25, -0.2) is 0 Å². The van der Waals surface area contributed by atoms with Gasteiger partial charge in [0.2, 0.25) is 0 Å². The maximum absolute atomic E-state index is 12.9. The molecule has 0 saturated carbocycles. The van der Waals surface area contributed by atoms with E-state index in [2.05, 4.69) is 0 Å². The van der Waals surface area contributed by atoms with Crippen LogP contribution in [-0.2, 0) is 16.1 Å². The van der Waals surface area contributed by atoms with Crippen molar-refractivity contribution in [2.45, 2.75) is 19.5 Å². The molecule has 2 aromatic heterocycles. The monoisotopic (exact) mass is 413 g/mol. The Balaban J connectivity index is 1.87. The molecule has 142 valence electrons. The zero-order valence-corrected chi connectivity index (χ0v) is 16.5. The summed E-state index contributed by atoms with van der Waals surface area (Å²) in [5, 5.41) is 13.2. The number of hydrogen-bond donors (Lipinski definition) is 1. The Morgan fingerprint density at radius 3 is 2.68 bits per heavy atom. The van der Waals surface area contributed by atoms with E-state index < -0.39 is 17.7 Å². The van der Waals surface area contributed by atoms with Crippen molar-refractivity contribution in [2.75, 3.05) is 0 Å². The van der Waals surface area contributed by atoms with Gasteiger partial charge < -0.3 is 14.4 Å². The maximum Gasteiger partial charge on any atom is 0.296 e. The van der Waals surface area contributed by atoms with Gasteiger partial charge in [0, 0.05) is 15.5 Å². The summed E-state index contributed by atoms with van der Waals surface area (Å²) in [6.07, 6.45) is 0. The molecule has 1 amide bonds. The molecule has 1 saturated heterocycles. The molecular weight excluding hydrogens is 398 g/mol. The number of carbonyl (C=O) groups is 2. The summed E-state index contributed by atoms with van der Waals surface area (Å²) in [6, 6.07) is 13.0. The molecule has 28 heavy (non-hydrogen) atoms. The Hall–Kier alpha value is -2.83. The number of ketones is 1. The van der Waals surface area contributed by atoms with Crippen LogP contribution >= 0.6 is 22.9 Å². The van der Waals surface area contributed by atoms with Crippen LogP contribution in [-0.4, -0.2) is 21.7 Å². The number of hydrogen-bond acceptors (Lipinski definition) is 5. The van der Waals surface area contributed by atoms with E-state index >= 15 is 0 Å². The summed E-state index contributed by atoms with van der Waals surface area (Å²) in [7, 11) is 0. The van der Waals surface area contributed by atoms with E-state index in [1.165, 1.54) is 16.2 Å². The number of aliphatic hydroxyl groups is 1.